The molecule has 0 aliphatic carbocycles. The van der Waals surface area contributed by atoms with Crippen LogP contribution in [-0.4, -0.2) is 70.2 Å². The zero-order valence-corrected chi connectivity index (χ0v) is 21.6. The SMILES string of the molecule is CC(C)(C)OC(=O)COC1CCN(C(=O)C(Cc2ccc(O)cc2)NC(=O)Cc2cccc(N)n2)CC1. The van der Waals surface area contributed by atoms with Crippen LogP contribution in [0.15, 0.2) is 42.5 Å². The minimum absolute atomic E-state index is 0.00895. The number of esters is 1. The van der Waals surface area contributed by atoms with Gasteiger partial charge in [-0.2, -0.15) is 0 Å². The van der Waals surface area contributed by atoms with E-state index >= 15 is 0 Å². The number of carbonyl (C=O) groups excluding carboxylic acids is 3. The highest BCUT2D eigenvalue weighted by Crippen LogP contribution is 2.18. The number of ether oxygens (including phenoxy) is 2. The van der Waals surface area contributed by atoms with Crippen LogP contribution in [0.25, 0.3) is 0 Å². The van der Waals surface area contributed by atoms with Crippen molar-refractivity contribution in [1.82, 2.24) is 15.2 Å². The van der Waals surface area contributed by atoms with Gasteiger partial charge in [0.1, 0.15) is 29.8 Å². The number of nitrogens with zero attached hydrogens (tertiary/aromatic N) is 2. The number of phenolic OH excluding ortho intramolecular Hbond substituents is 1. The molecule has 1 saturated heterocycles. The topological polar surface area (TPSA) is 144 Å². The monoisotopic (exact) mass is 512 g/mol. The van der Waals surface area contributed by atoms with E-state index < -0.39 is 17.6 Å². The molecule has 0 radical (unpaired) electrons. The zero-order valence-electron chi connectivity index (χ0n) is 21.6. The van der Waals surface area contributed by atoms with E-state index in [9.17, 15) is 19.5 Å². The molecule has 0 saturated carbocycles. The number of nitrogen functional groups attached to an aromatic ring is 1. The van der Waals surface area contributed by atoms with Crippen molar-refractivity contribution >= 4 is 23.6 Å². The molecule has 1 aliphatic rings. The molecule has 2 aromatic rings. The van der Waals surface area contributed by atoms with Crippen molar-refractivity contribution in [3.8, 4) is 5.75 Å². The number of piperidine rings is 1. The van der Waals surface area contributed by atoms with Gasteiger partial charge in [-0.3, -0.25) is 9.59 Å². The number of likely N-dealkylation sites (tertiary alicyclic amines) is 1. The Labute approximate surface area is 217 Å². The first-order valence-corrected chi connectivity index (χ1v) is 12.4. The van der Waals surface area contributed by atoms with Crippen molar-refractivity contribution in [2.75, 3.05) is 25.4 Å². The minimum Gasteiger partial charge on any atom is -0.508 e. The van der Waals surface area contributed by atoms with Crippen molar-refractivity contribution < 1.29 is 29.0 Å². The molecule has 1 unspecified atom stereocenters. The van der Waals surface area contributed by atoms with Gasteiger partial charge in [-0.1, -0.05) is 18.2 Å². The molecular formula is C27H36N4O6. The molecule has 1 fully saturated rings. The average molecular weight is 513 g/mol. The molecule has 0 spiro atoms. The Morgan fingerprint density at radius 1 is 1.14 bits per heavy atom. The number of anilines is 1. The van der Waals surface area contributed by atoms with Gasteiger partial charge in [-0.15, -0.1) is 0 Å². The first-order valence-electron chi connectivity index (χ1n) is 12.4. The van der Waals surface area contributed by atoms with Gasteiger partial charge in [0.15, 0.2) is 0 Å². The summed E-state index contributed by atoms with van der Waals surface area (Å²) in [5, 5.41) is 12.4. The molecular weight excluding hydrogens is 476 g/mol. The van der Waals surface area contributed by atoms with Gasteiger partial charge in [0.2, 0.25) is 11.8 Å². The summed E-state index contributed by atoms with van der Waals surface area (Å²) in [5.74, 6) is -0.522. The number of rotatable bonds is 9. The van der Waals surface area contributed by atoms with Gasteiger partial charge >= 0.3 is 5.97 Å². The van der Waals surface area contributed by atoms with E-state index in [-0.39, 0.29) is 43.1 Å². The van der Waals surface area contributed by atoms with Crippen LogP contribution in [-0.2, 0) is 36.7 Å². The van der Waals surface area contributed by atoms with E-state index in [4.69, 9.17) is 15.2 Å². The second kappa shape index (κ2) is 12.5. The standard InChI is InChI=1S/C27H36N4O6/c1-27(2,3)37-25(34)17-36-21-11-13-31(14-12-21)26(35)22(15-18-7-9-20(32)10-8-18)30-24(33)16-19-5-4-6-23(28)29-19/h4-10,21-22,32H,11-17H2,1-3H3,(H2,28,29)(H,30,33). The number of nitrogens with two attached hydrogens (primary N) is 1. The van der Waals surface area contributed by atoms with Crippen LogP contribution in [0.1, 0.15) is 44.9 Å². The molecule has 200 valence electrons. The maximum Gasteiger partial charge on any atom is 0.332 e. The number of nitrogens with one attached hydrogen (secondary N) is 1. The number of hydrogen-bond acceptors (Lipinski definition) is 8. The van der Waals surface area contributed by atoms with Gasteiger partial charge in [-0.25, -0.2) is 9.78 Å². The molecule has 1 aromatic carbocycles. The van der Waals surface area contributed by atoms with Crippen LogP contribution >= 0.6 is 0 Å². The zero-order chi connectivity index (χ0) is 27.0. The quantitative estimate of drug-likeness (QED) is 0.433. The number of hydrogen-bond donors (Lipinski definition) is 3. The number of pyridine rings is 1. The van der Waals surface area contributed by atoms with Crippen LogP contribution in [0.4, 0.5) is 5.82 Å². The number of phenols is 1. The minimum atomic E-state index is -0.794. The highest BCUT2D eigenvalue weighted by molar-refractivity contribution is 5.88. The highest BCUT2D eigenvalue weighted by atomic mass is 16.6. The summed E-state index contributed by atoms with van der Waals surface area (Å²) < 4.78 is 11.0. The van der Waals surface area contributed by atoms with Crippen molar-refractivity contribution in [2.24, 2.45) is 0 Å². The Balaban J connectivity index is 1.59. The van der Waals surface area contributed by atoms with Gasteiger partial charge in [0.25, 0.3) is 0 Å². The number of carbonyl (C=O) groups is 3. The van der Waals surface area contributed by atoms with Gasteiger partial charge in [0.05, 0.1) is 18.2 Å². The number of amides is 2. The van der Waals surface area contributed by atoms with Crippen LogP contribution in [0.2, 0.25) is 0 Å². The van der Waals surface area contributed by atoms with Gasteiger partial charge in [0, 0.05) is 19.5 Å². The molecule has 1 aliphatic heterocycles. The Hall–Kier alpha value is -3.66. The van der Waals surface area contributed by atoms with E-state index in [0.29, 0.717) is 37.4 Å². The van der Waals surface area contributed by atoms with Crippen molar-refractivity contribution in [3.05, 3.63) is 53.7 Å². The van der Waals surface area contributed by atoms with E-state index in [1.165, 1.54) is 0 Å². The molecule has 0 bridgehead atoms. The lowest BCUT2D eigenvalue weighted by Gasteiger charge is -2.34. The molecule has 37 heavy (non-hydrogen) atoms. The number of aromatic nitrogens is 1. The lowest BCUT2D eigenvalue weighted by Crippen LogP contribution is -2.52. The summed E-state index contributed by atoms with van der Waals surface area (Å²) in [7, 11) is 0. The predicted molar refractivity (Wildman–Crippen MR) is 137 cm³/mol. The fraction of sp³-hybridized carbons (Fsp3) is 0.481. The molecule has 1 atom stereocenters. The lowest BCUT2D eigenvalue weighted by atomic mass is 10.0. The number of aromatic hydroxyl groups is 1. The third kappa shape index (κ3) is 9.38. The molecule has 10 heteroatoms. The van der Waals surface area contributed by atoms with Crippen molar-refractivity contribution in [3.63, 3.8) is 0 Å². The van der Waals surface area contributed by atoms with Gasteiger partial charge < -0.3 is 30.5 Å². The third-order valence-corrected chi connectivity index (χ3v) is 5.79. The van der Waals surface area contributed by atoms with Crippen LogP contribution in [0, 0.1) is 0 Å². The maximum atomic E-state index is 13.5. The van der Waals surface area contributed by atoms with Crippen molar-refractivity contribution in [2.45, 2.75) is 64.2 Å². The largest absolute Gasteiger partial charge is 0.508 e. The first kappa shape index (κ1) is 27.9. The van der Waals surface area contributed by atoms with E-state index in [0.717, 1.165) is 5.56 Å². The summed E-state index contributed by atoms with van der Waals surface area (Å²) in [5.41, 5.74) is 6.45. The maximum absolute atomic E-state index is 13.5. The summed E-state index contributed by atoms with van der Waals surface area (Å²) in [6.45, 7) is 6.15. The Bertz CT molecular complexity index is 1080. The Morgan fingerprint density at radius 3 is 2.43 bits per heavy atom. The summed E-state index contributed by atoms with van der Waals surface area (Å²) in [6, 6.07) is 10.8. The van der Waals surface area contributed by atoms with Gasteiger partial charge in [-0.05, 0) is 63.4 Å². The summed E-state index contributed by atoms with van der Waals surface area (Å²) in [6.07, 6.45) is 1.25. The summed E-state index contributed by atoms with van der Waals surface area (Å²) in [4.78, 5) is 44.0. The predicted octanol–water partition coefficient (Wildman–Crippen LogP) is 1.99. The Kier molecular flexibility index (Phi) is 9.46. The van der Waals surface area contributed by atoms with E-state index in [1.807, 2.05) is 0 Å². The first-order chi connectivity index (χ1) is 17.5. The molecule has 3 rings (SSSR count). The molecule has 2 heterocycles. The smallest absolute Gasteiger partial charge is 0.332 e. The van der Waals surface area contributed by atoms with Crippen LogP contribution < -0.4 is 11.1 Å². The van der Waals surface area contributed by atoms with Crippen molar-refractivity contribution in [1.29, 1.82) is 0 Å². The second-order valence-electron chi connectivity index (χ2n) is 10.1. The third-order valence-electron chi connectivity index (χ3n) is 5.79. The van der Waals surface area contributed by atoms with E-state index in [1.54, 1.807) is 68.1 Å². The second-order valence-corrected chi connectivity index (χ2v) is 10.1. The highest BCUT2D eigenvalue weighted by Gasteiger charge is 2.30. The Morgan fingerprint density at radius 2 is 1.81 bits per heavy atom. The van der Waals surface area contributed by atoms with E-state index in [2.05, 4.69) is 10.3 Å². The normalized spacial score (nSPS) is 15.2. The number of benzene rings is 1. The molecule has 2 amide bonds. The lowest BCUT2D eigenvalue weighted by molar-refractivity contribution is -0.163. The molecule has 1 aromatic heterocycles. The van der Waals surface area contributed by atoms with Crippen LogP contribution in [0.3, 0.4) is 0 Å². The summed E-state index contributed by atoms with van der Waals surface area (Å²) >= 11 is 0. The molecule has 10 nitrogen and oxygen atoms in total. The molecule has 4 N–H and O–H groups in total. The fourth-order valence-corrected chi connectivity index (χ4v) is 4.09. The average Bonchev–Trinajstić information content (AvgIpc) is 2.82. The fourth-order valence-electron chi connectivity index (χ4n) is 4.09. The van der Waals surface area contributed by atoms with Crippen LogP contribution in [0.5, 0.6) is 5.75 Å².